The van der Waals surface area contributed by atoms with Crippen molar-refractivity contribution in [3.05, 3.63) is 58.0 Å². The van der Waals surface area contributed by atoms with Gasteiger partial charge in [-0.15, -0.1) is 0 Å². The summed E-state index contributed by atoms with van der Waals surface area (Å²) in [6.45, 7) is 3.62. The maximum absolute atomic E-state index is 12.4. The Morgan fingerprint density at radius 1 is 1.24 bits per heavy atom. The molecule has 132 valence electrons. The van der Waals surface area contributed by atoms with E-state index in [4.69, 9.17) is 27.6 Å². The number of halogens is 2. The number of nitrogens with one attached hydrogen (secondary N) is 2. The van der Waals surface area contributed by atoms with E-state index in [0.29, 0.717) is 10.8 Å². The molecule has 0 spiro atoms. The SMILES string of the molecule is CC(C)C(NC(=O)c1ccc(Cl)cc1Cl)C(=O)N/N=C\c1ccco1. The van der Waals surface area contributed by atoms with Crippen LogP contribution in [-0.4, -0.2) is 24.1 Å². The number of nitrogens with zero attached hydrogens (tertiary/aromatic N) is 1. The molecule has 0 aliphatic rings. The Kier molecular flexibility index (Phi) is 6.61. The van der Waals surface area contributed by atoms with Crippen molar-refractivity contribution >= 4 is 41.2 Å². The van der Waals surface area contributed by atoms with Crippen molar-refractivity contribution in [3.63, 3.8) is 0 Å². The van der Waals surface area contributed by atoms with Crippen molar-refractivity contribution < 1.29 is 14.0 Å². The van der Waals surface area contributed by atoms with E-state index in [1.54, 1.807) is 18.2 Å². The fraction of sp³-hybridized carbons (Fsp3) is 0.235. The van der Waals surface area contributed by atoms with Crippen LogP contribution in [0.2, 0.25) is 10.0 Å². The summed E-state index contributed by atoms with van der Waals surface area (Å²) in [5, 5.41) is 7.11. The fourth-order valence-corrected chi connectivity index (χ4v) is 2.52. The zero-order valence-corrected chi connectivity index (χ0v) is 15.1. The molecule has 1 atom stereocenters. The monoisotopic (exact) mass is 381 g/mol. The van der Waals surface area contributed by atoms with Crippen LogP contribution in [0.3, 0.4) is 0 Å². The number of amides is 2. The van der Waals surface area contributed by atoms with Crippen LogP contribution in [-0.2, 0) is 4.79 Å². The van der Waals surface area contributed by atoms with Crippen LogP contribution in [0.15, 0.2) is 46.1 Å². The first-order valence-electron chi connectivity index (χ1n) is 7.51. The van der Waals surface area contributed by atoms with Crippen LogP contribution >= 0.6 is 23.2 Å². The van der Waals surface area contributed by atoms with Crippen molar-refractivity contribution in [1.82, 2.24) is 10.7 Å². The van der Waals surface area contributed by atoms with E-state index in [-0.39, 0.29) is 16.5 Å². The lowest BCUT2D eigenvalue weighted by atomic mass is 10.0. The summed E-state index contributed by atoms with van der Waals surface area (Å²) in [5.41, 5.74) is 2.62. The van der Waals surface area contributed by atoms with Crippen molar-refractivity contribution in [1.29, 1.82) is 0 Å². The summed E-state index contributed by atoms with van der Waals surface area (Å²) >= 11 is 11.9. The summed E-state index contributed by atoms with van der Waals surface area (Å²) in [5.74, 6) is -0.575. The Morgan fingerprint density at radius 3 is 2.60 bits per heavy atom. The van der Waals surface area contributed by atoms with Crippen molar-refractivity contribution in [2.75, 3.05) is 0 Å². The average molecular weight is 382 g/mol. The third-order valence-corrected chi connectivity index (χ3v) is 3.87. The van der Waals surface area contributed by atoms with Crippen LogP contribution in [0.25, 0.3) is 0 Å². The number of carbonyl (C=O) groups excluding carboxylic acids is 2. The molecule has 2 N–H and O–H groups in total. The minimum absolute atomic E-state index is 0.158. The molecule has 1 aromatic carbocycles. The van der Waals surface area contributed by atoms with Gasteiger partial charge in [0.2, 0.25) is 0 Å². The van der Waals surface area contributed by atoms with E-state index in [2.05, 4.69) is 15.8 Å². The van der Waals surface area contributed by atoms with Gasteiger partial charge in [-0.3, -0.25) is 9.59 Å². The van der Waals surface area contributed by atoms with Crippen LogP contribution in [0.1, 0.15) is 30.0 Å². The molecule has 0 fully saturated rings. The number of rotatable bonds is 6. The minimum Gasteiger partial charge on any atom is -0.463 e. The van der Waals surface area contributed by atoms with Gasteiger partial charge in [-0.2, -0.15) is 5.10 Å². The van der Waals surface area contributed by atoms with Crippen LogP contribution in [0.4, 0.5) is 0 Å². The largest absolute Gasteiger partial charge is 0.463 e. The van der Waals surface area contributed by atoms with Crippen LogP contribution in [0.5, 0.6) is 0 Å². The van der Waals surface area contributed by atoms with Crippen molar-refractivity contribution in [3.8, 4) is 0 Å². The second kappa shape index (κ2) is 8.69. The Bertz CT molecular complexity index is 773. The number of hydrogen-bond donors (Lipinski definition) is 2. The maximum Gasteiger partial charge on any atom is 0.262 e. The summed E-state index contributed by atoms with van der Waals surface area (Å²) < 4.78 is 5.07. The van der Waals surface area contributed by atoms with E-state index in [1.807, 2.05) is 13.8 Å². The molecule has 1 heterocycles. The highest BCUT2D eigenvalue weighted by molar-refractivity contribution is 6.36. The molecule has 0 saturated carbocycles. The van der Waals surface area contributed by atoms with Gasteiger partial charge in [0.25, 0.3) is 11.8 Å². The lowest BCUT2D eigenvalue weighted by Gasteiger charge is -2.20. The van der Waals surface area contributed by atoms with Gasteiger partial charge in [-0.1, -0.05) is 37.0 Å². The molecule has 0 radical (unpaired) electrons. The molecule has 2 amide bonds. The first-order valence-corrected chi connectivity index (χ1v) is 8.26. The van der Waals surface area contributed by atoms with E-state index >= 15 is 0 Å². The molecule has 25 heavy (non-hydrogen) atoms. The second-order valence-electron chi connectivity index (χ2n) is 5.57. The van der Waals surface area contributed by atoms with E-state index in [9.17, 15) is 9.59 Å². The highest BCUT2D eigenvalue weighted by atomic mass is 35.5. The molecule has 0 saturated heterocycles. The van der Waals surface area contributed by atoms with Gasteiger partial charge in [0, 0.05) is 5.02 Å². The number of carbonyl (C=O) groups is 2. The van der Waals surface area contributed by atoms with E-state index in [1.165, 1.54) is 24.6 Å². The molecule has 6 nitrogen and oxygen atoms in total. The van der Waals surface area contributed by atoms with E-state index in [0.717, 1.165) is 0 Å². The lowest BCUT2D eigenvalue weighted by molar-refractivity contribution is -0.123. The molecule has 2 aromatic rings. The average Bonchev–Trinajstić information content (AvgIpc) is 3.05. The number of hydrogen-bond acceptors (Lipinski definition) is 4. The van der Waals surface area contributed by atoms with Gasteiger partial charge in [-0.05, 0) is 36.2 Å². The lowest BCUT2D eigenvalue weighted by Crippen LogP contribution is -2.48. The number of furan rings is 1. The molecule has 0 bridgehead atoms. The van der Waals surface area contributed by atoms with Gasteiger partial charge < -0.3 is 9.73 Å². The molecule has 2 rings (SSSR count). The summed E-state index contributed by atoms with van der Waals surface area (Å²) in [4.78, 5) is 24.7. The van der Waals surface area contributed by atoms with Gasteiger partial charge in [0.1, 0.15) is 11.8 Å². The minimum atomic E-state index is -0.784. The summed E-state index contributed by atoms with van der Waals surface area (Å²) in [6, 6.07) is 7.14. The van der Waals surface area contributed by atoms with Gasteiger partial charge >= 0.3 is 0 Å². The fourth-order valence-electron chi connectivity index (χ4n) is 2.02. The Balaban J connectivity index is 2.04. The first-order chi connectivity index (χ1) is 11.9. The van der Waals surface area contributed by atoms with Crippen LogP contribution in [0, 0.1) is 5.92 Å². The molecule has 0 aliphatic carbocycles. The van der Waals surface area contributed by atoms with Gasteiger partial charge in [-0.25, -0.2) is 5.43 Å². The van der Waals surface area contributed by atoms with E-state index < -0.39 is 17.9 Å². The summed E-state index contributed by atoms with van der Waals surface area (Å²) in [6.07, 6.45) is 2.86. The van der Waals surface area contributed by atoms with Gasteiger partial charge in [0.15, 0.2) is 0 Å². The van der Waals surface area contributed by atoms with Gasteiger partial charge in [0.05, 0.1) is 23.1 Å². The number of benzene rings is 1. The Morgan fingerprint density at radius 2 is 2.00 bits per heavy atom. The molecule has 0 aliphatic heterocycles. The molecule has 1 aromatic heterocycles. The second-order valence-corrected chi connectivity index (χ2v) is 6.41. The molecular weight excluding hydrogens is 365 g/mol. The predicted molar refractivity (Wildman–Crippen MR) is 97.0 cm³/mol. The first kappa shape index (κ1) is 19.0. The standard InChI is InChI=1S/C17H17Cl2N3O3/c1-10(2)15(17(24)22-20-9-12-4-3-7-25-12)21-16(23)13-6-5-11(18)8-14(13)19/h3-10,15H,1-2H3,(H,21,23)(H,22,24)/b20-9-. The molecule has 1 unspecified atom stereocenters. The summed E-state index contributed by atoms with van der Waals surface area (Å²) in [7, 11) is 0. The van der Waals surface area contributed by atoms with Crippen molar-refractivity contribution in [2.24, 2.45) is 11.0 Å². The normalized spacial score (nSPS) is 12.4. The third kappa shape index (κ3) is 5.34. The molecule has 8 heteroatoms. The highest BCUT2D eigenvalue weighted by Gasteiger charge is 2.25. The topological polar surface area (TPSA) is 83.7 Å². The Labute approximate surface area is 155 Å². The highest BCUT2D eigenvalue weighted by Crippen LogP contribution is 2.21. The quantitative estimate of drug-likeness (QED) is 0.593. The molecular formula is C17H17Cl2N3O3. The van der Waals surface area contributed by atoms with Crippen molar-refractivity contribution in [2.45, 2.75) is 19.9 Å². The smallest absolute Gasteiger partial charge is 0.262 e. The third-order valence-electron chi connectivity index (χ3n) is 3.32. The number of hydrazone groups is 1. The zero-order valence-electron chi connectivity index (χ0n) is 13.6. The maximum atomic E-state index is 12.4. The van der Waals surface area contributed by atoms with Crippen LogP contribution < -0.4 is 10.7 Å². The Hall–Kier alpha value is -2.31. The zero-order chi connectivity index (χ0) is 18.4. The predicted octanol–water partition coefficient (Wildman–Crippen LogP) is 3.49.